The molecule has 0 aromatic heterocycles. The number of aliphatic carboxylic acids is 1. The molecule has 1 N–H and O–H groups in total. The Kier molecular flexibility index (Phi) is 6.71. The molecule has 5 nitrogen and oxygen atoms in total. The Bertz CT molecular complexity index is 857. The highest BCUT2D eigenvalue weighted by Crippen LogP contribution is 2.17. The Balaban J connectivity index is 1.70. The van der Waals surface area contributed by atoms with Gasteiger partial charge in [0.2, 0.25) is 0 Å². The van der Waals surface area contributed by atoms with E-state index in [1.807, 2.05) is 4.90 Å². The second-order valence-electron chi connectivity index (χ2n) is 6.74. The summed E-state index contributed by atoms with van der Waals surface area (Å²) in [5, 5.41) is 13.2. The average molecular weight is 388 g/mol. The summed E-state index contributed by atoms with van der Waals surface area (Å²) in [6.07, 6.45) is 1.51. The van der Waals surface area contributed by atoms with Crippen LogP contribution in [0.5, 0.6) is 0 Å². The summed E-state index contributed by atoms with van der Waals surface area (Å²) in [4.78, 5) is 18.6. The zero-order chi connectivity index (χ0) is 19.9. The fraction of sp³-hybridized carbons (Fsp3) is 0.333. The third kappa shape index (κ3) is 5.13. The van der Waals surface area contributed by atoms with Gasteiger partial charge in [0.15, 0.2) is 0 Å². The van der Waals surface area contributed by atoms with Crippen LogP contribution in [-0.2, 0) is 9.63 Å². The molecule has 1 fully saturated rings. The van der Waals surface area contributed by atoms with E-state index in [2.05, 4.69) is 5.16 Å². The van der Waals surface area contributed by atoms with Gasteiger partial charge in [-0.1, -0.05) is 29.4 Å². The number of hydrogen-bond donors (Lipinski definition) is 1. The van der Waals surface area contributed by atoms with Crippen LogP contribution in [0.1, 0.15) is 24.0 Å². The summed E-state index contributed by atoms with van der Waals surface area (Å²) in [5.74, 6) is -2.07. The number of rotatable bonds is 7. The lowest BCUT2D eigenvalue weighted by Gasteiger charge is -2.29. The molecule has 148 valence electrons. The molecule has 1 heterocycles. The first-order valence-electron chi connectivity index (χ1n) is 9.20. The first kappa shape index (κ1) is 19.9. The smallest absolute Gasteiger partial charge is 0.307 e. The Morgan fingerprint density at radius 3 is 2.79 bits per heavy atom. The van der Waals surface area contributed by atoms with E-state index in [4.69, 9.17) is 9.94 Å². The molecule has 2 aromatic carbocycles. The number of halogens is 2. The van der Waals surface area contributed by atoms with Crippen molar-refractivity contribution in [3.63, 3.8) is 0 Å². The van der Waals surface area contributed by atoms with Gasteiger partial charge in [0.1, 0.15) is 24.0 Å². The van der Waals surface area contributed by atoms with Crippen molar-refractivity contribution in [2.75, 3.05) is 26.2 Å². The molecule has 0 aliphatic carbocycles. The second-order valence-corrected chi connectivity index (χ2v) is 6.74. The standard InChI is InChI=1S/C21H22F2N2O3/c22-17-7-3-5-15(13-17)20(18-8-1-2-9-19(18)23)24-28-12-11-25-10-4-6-16(14-25)21(26)27/h1-3,5,7-9,13,16H,4,6,10-12,14H2,(H,26,27)/b24-20+/t16-/m1/s1. The van der Waals surface area contributed by atoms with E-state index in [1.165, 1.54) is 24.3 Å². The minimum Gasteiger partial charge on any atom is -0.481 e. The quantitative estimate of drug-likeness (QED) is 0.448. The second kappa shape index (κ2) is 9.41. The van der Waals surface area contributed by atoms with Crippen LogP contribution in [0, 0.1) is 17.6 Å². The van der Waals surface area contributed by atoms with E-state index in [-0.39, 0.29) is 23.8 Å². The molecular weight excluding hydrogens is 366 g/mol. The molecule has 0 saturated carbocycles. The zero-order valence-electron chi connectivity index (χ0n) is 15.4. The van der Waals surface area contributed by atoms with Gasteiger partial charge in [0.05, 0.1) is 5.92 Å². The molecule has 1 aliphatic rings. The normalized spacial score (nSPS) is 18.1. The summed E-state index contributed by atoms with van der Waals surface area (Å²) >= 11 is 0. The van der Waals surface area contributed by atoms with Gasteiger partial charge in [-0.25, -0.2) is 8.78 Å². The number of likely N-dealkylation sites (tertiary alicyclic amines) is 1. The summed E-state index contributed by atoms with van der Waals surface area (Å²) in [7, 11) is 0. The van der Waals surface area contributed by atoms with E-state index in [1.54, 1.807) is 24.3 Å². The van der Waals surface area contributed by atoms with Crippen LogP contribution >= 0.6 is 0 Å². The molecule has 1 saturated heterocycles. The molecule has 0 bridgehead atoms. The summed E-state index contributed by atoms with van der Waals surface area (Å²) < 4.78 is 27.9. The van der Waals surface area contributed by atoms with Gasteiger partial charge in [0.25, 0.3) is 0 Å². The third-order valence-corrected chi connectivity index (χ3v) is 4.74. The van der Waals surface area contributed by atoms with Crippen molar-refractivity contribution in [3.8, 4) is 0 Å². The maximum atomic E-state index is 14.3. The van der Waals surface area contributed by atoms with Crippen molar-refractivity contribution in [1.29, 1.82) is 0 Å². The number of carboxylic acids is 1. The van der Waals surface area contributed by atoms with E-state index in [0.29, 0.717) is 25.1 Å². The van der Waals surface area contributed by atoms with Crippen molar-refractivity contribution < 1.29 is 23.5 Å². The molecule has 1 aliphatic heterocycles. The van der Waals surface area contributed by atoms with Gasteiger partial charge in [-0.15, -0.1) is 0 Å². The minimum absolute atomic E-state index is 0.208. The Hall–Kier alpha value is -2.80. The van der Waals surface area contributed by atoms with Gasteiger partial charge >= 0.3 is 5.97 Å². The maximum absolute atomic E-state index is 14.3. The van der Waals surface area contributed by atoms with E-state index in [9.17, 15) is 13.6 Å². The van der Waals surface area contributed by atoms with Crippen molar-refractivity contribution in [2.45, 2.75) is 12.8 Å². The molecule has 0 radical (unpaired) electrons. The SMILES string of the molecule is O=C(O)[C@@H]1CCCN(CCO/N=C(\c2cccc(F)c2)c2ccccc2F)C1. The molecule has 0 unspecified atom stereocenters. The van der Waals surface area contributed by atoms with Crippen LogP contribution in [0.4, 0.5) is 8.78 Å². The van der Waals surface area contributed by atoms with Crippen molar-refractivity contribution in [1.82, 2.24) is 4.90 Å². The fourth-order valence-corrected chi connectivity index (χ4v) is 3.29. The van der Waals surface area contributed by atoms with Gasteiger partial charge in [0, 0.05) is 24.2 Å². The lowest BCUT2D eigenvalue weighted by Crippen LogP contribution is -2.40. The third-order valence-electron chi connectivity index (χ3n) is 4.74. The maximum Gasteiger partial charge on any atom is 0.307 e. The number of carbonyl (C=O) groups is 1. The Labute approximate surface area is 162 Å². The molecular formula is C21H22F2N2O3. The minimum atomic E-state index is -0.781. The molecule has 7 heteroatoms. The van der Waals surface area contributed by atoms with Crippen LogP contribution < -0.4 is 0 Å². The Morgan fingerprint density at radius 2 is 2.04 bits per heavy atom. The van der Waals surface area contributed by atoms with Crippen LogP contribution in [0.25, 0.3) is 0 Å². The molecule has 2 aromatic rings. The monoisotopic (exact) mass is 388 g/mol. The first-order chi connectivity index (χ1) is 13.5. The van der Waals surface area contributed by atoms with Crippen LogP contribution in [0.3, 0.4) is 0 Å². The predicted molar refractivity (Wildman–Crippen MR) is 101 cm³/mol. The molecule has 1 atom stereocenters. The first-order valence-corrected chi connectivity index (χ1v) is 9.20. The van der Waals surface area contributed by atoms with Gasteiger partial charge < -0.3 is 9.94 Å². The number of hydrogen-bond acceptors (Lipinski definition) is 4. The molecule has 3 rings (SSSR count). The van der Waals surface area contributed by atoms with Gasteiger partial charge in [-0.05, 0) is 43.7 Å². The van der Waals surface area contributed by atoms with E-state index < -0.39 is 17.6 Å². The van der Waals surface area contributed by atoms with Crippen molar-refractivity contribution in [3.05, 3.63) is 71.3 Å². The van der Waals surface area contributed by atoms with Gasteiger partial charge in [-0.3, -0.25) is 9.69 Å². The summed E-state index contributed by atoms with van der Waals surface area (Å²) in [6.45, 7) is 2.02. The van der Waals surface area contributed by atoms with Crippen LogP contribution in [0.15, 0.2) is 53.7 Å². The lowest BCUT2D eigenvalue weighted by molar-refractivity contribution is -0.143. The number of benzene rings is 2. The summed E-state index contributed by atoms with van der Waals surface area (Å²) in [5.41, 5.74) is 0.839. The molecule has 0 amide bonds. The van der Waals surface area contributed by atoms with E-state index in [0.717, 1.165) is 13.0 Å². The topological polar surface area (TPSA) is 62.1 Å². The average Bonchev–Trinajstić information content (AvgIpc) is 2.69. The highest BCUT2D eigenvalue weighted by atomic mass is 19.1. The van der Waals surface area contributed by atoms with Crippen molar-refractivity contribution in [2.24, 2.45) is 11.1 Å². The highest BCUT2D eigenvalue weighted by molar-refractivity contribution is 6.12. The number of oxime groups is 1. The van der Waals surface area contributed by atoms with Gasteiger partial charge in [-0.2, -0.15) is 0 Å². The predicted octanol–water partition coefficient (Wildman–Crippen LogP) is 3.53. The van der Waals surface area contributed by atoms with Crippen LogP contribution in [-0.4, -0.2) is 47.9 Å². The largest absolute Gasteiger partial charge is 0.481 e. The number of piperidine rings is 1. The Morgan fingerprint density at radius 1 is 1.21 bits per heavy atom. The molecule has 0 spiro atoms. The van der Waals surface area contributed by atoms with Crippen LogP contribution in [0.2, 0.25) is 0 Å². The van der Waals surface area contributed by atoms with Crippen molar-refractivity contribution >= 4 is 11.7 Å². The number of carboxylic acid groups (broad SMARTS) is 1. The zero-order valence-corrected chi connectivity index (χ0v) is 15.4. The number of nitrogens with zero attached hydrogens (tertiary/aromatic N) is 2. The molecule has 28 heavy (non-hydrogen) atoms. The lowest BCUT2D eigenvalue weighted by atomic mass is 9.98. The highest BCUT2D eigenvalue weighted by Gasteiger charge is 2.25. The fourth-order valence-electron chi connectivity index (χ4n) is 3.29. The summed E-state index contributed by atoms with van der Waals surface area (Å²) in [6, 6.07) is 11.9. The van der Waals surface area contributed by atoms with E-state index >= 15 is 0 Å².